The van der Waals surface area contributed by atoms with Gasteiger partial charge in [-0.1, -0.05) is 23.7 Å². The lowest BCUT2D eigenvalue weighted by Gasteiger charge is -2.30. The smallest absolute Gasteiger partial charge is 0.352 e. The third-order valence-electron chi connectivity index (χ3n) is 2.66. The van der Waals surface area contributed by atoms with Crippen molar-refractivity contribution in [3.8, 4) is 0 Å². The van der Waals surface area contributed by atoms with Gasteiger partial charge in [0.15, 0.2) is 5.57 Å². The Morgan fingerprint density at radius 1 is 1.15 bits per heavy atom. The highest BCUT2D eigenvalue weighted by atomic mass is 35.5. The maximum absolute atomic E-state index is 11.7. The first-order valence-corrected chi connectivity index (χ1v) is 6.29. The van der Waals surface area contributed by atoms with Gasteiger partial charge in [-0.15, -0.1) is 0 Å². The standard InChI is InChI=1S/C14H13ClO5/c1-14(2)19-12(17)11(13(18)20-14)10(16)7-8-3-5-9(15)6-4-8/h3-6,16H,7H2,1-2H3. The number of aliphatic hydroxyl groups excluding tert-OH is 1. The Morgan fingerprint density at radius 2 is 1.65 bits per heavy atom. The lowest BCUT2D eigenvalue weighted by molar-refractivity contribution is -0.222. The fourth-order valence-electron chi connectivity index (χ4n) is 1.77. The average Bonchev–Trinajstić information content (AvgIpc) is 2.29. The van der Waals surface area contributed by atoms with Crippen molar-refractivity contribution in [2.24, 2.45) is 0 Å². The molecule has 0 atom stereocenters. The lowest BCUT2D eigenvalue weighted by Crippen LogP contribution is -2.42. The summed E-state index contributed by atoms with van der Waals surface area (Å²) in [7, 11) is 0. The van der Waals surface area contributed by atoms with E-state index in [9.17, 15) is 14.7 Å². The zero-order valence-electron chi connectivity index (χ0n) is 11.0. The zero-order chi connectivity index (χ0) is 14.9. The van der Waals surface area contributed by atoms with Crippen LogP contribution in [0, 0.1) is 0 Å². The minimum Gasteiger partial charge on any atom is -0.511 e. The molecule has 1 aliphatic heterocycles. The van der Waals surface area contributed by atoms with E-state index in [0.29, 0.717) is 10.6 Å². The first-order valence-electron chi connectivity index (χ1n) is 5.92. The van der Waals surface area contributed by atoms with Crippen molar-refractivity contribution >= 4 is 23.5 Å². The van der Waals surface area contributed by atoms with Crippen molar-refractivity contribution in [2.75, 3.05) is 0 Å². The molecule has 6 heteroatoms. The molecule has 0 aromatic heterocycles. The fourth-order valence-corrected chi connectivity index (χ4v) is 1.90. The molecule has 106 valence electrons. The Hall–Kier alpha value is -2.01. The van der Waals surface area contributed by atoms with E-state index in [2.05, 4.69) is 0 Å². The molecule has 0 radical (unpaired) electrons. The predicted octanol–water partition coefficient (Wildman–Crippen LogP) is 2.53. The van der Waals surface area contributed by atoms with Crippen LogP contribution in [-0.2, 0) is 25.5 Å². The minimum atomic E-state index is -1.32. The van der Waals surface area contributed by atoms with Crippen molar-refractivity contribution in [1.82, 2.24) is 0 Å². The van der Waals surface area contributed by atoms with Crippen LogP contribution in [-0.4, -0.2) is 22.8 Å². The number of hydrogen-bond acceptors (Lipinski definition) is 5. The molecule has 20 heavy (non-hydrogen) atoms. The van der Waals surface area contributed by atoms with Crippen LogP contribution in [0.5, 0.6) is 0 Å². The number of cyclic esters (lactones) is 2. The number of benzene rings is 1. The van der Waals surface area contributed by atoms with E-state index in [1.54, 1.807) is 24.3 Å². The molecule has 1 N–H and O–H groups in total. The molecule has 1 aliphatic rings. The minimum absolute atomic E-state index is 0.0110. The van der Waals surface area contributed by atoms with E-state index in [0.717, 1.165) is 0 Å². The van der Waals surface area contributed by atoms with Crippen molar-refractivity contribution in [2.45, 2.75) is 26.1 Å². The van der Waals surface area contributed by atoms with Crippen LogP contribution >= 0.6 is 11.6 Å². The van der Waals surface area contributed by atoms with Crippen molar-refractivity contribution in [3.05, 3.63) is 46.2 Å². The van der Waals surface area contributed by atoms with Gasteiger partial charge in [-0.3, -0.25) is 0 Å². The molecule has 1 saturated heterocycles. The first-order chi connectivity index (χ1) is 9.28. The number of aliphatic hydroxyl groups is 1. The average molecular weight is 297 g/mol. The fraction of sp³-hybridized carbons (Fsp3) is 0.286. The molecule has 0 bridgehead atoms. The number of ether oxygens (including phenoxy) is 2. The molecule has 1 heterocycles. The Bertz CT molecular complexity index is 564. The van der Waals surface area contributed by atoms with Crippen LogP contribution < -0.4 is 0 Å². The van der Waals surface area contributed by atoms with Crippen LogP contribution in [0.2, 0.25) is 5.02 Å². The summed E-state index contributed by atoms with van der Waals surface area (Å²) in [5.74, 6) is -3.49. The Morgan fingerprint density at radius 3 is 2.15 bits per heavy atom. The number of carbonyl (C=O) groups is 2. The highest BCUT2D eigenvalue weighted by Crippen LogP contribution is 2.25. The molecule has 2 rings (SSSR count). The number of allylic oxidation sites excluding steroid dienone is 1. The van der Waals surface area contributed by atoms with Crippen LogP contribution in [0.15, 0.2) is 35.6 Å². The first kappa shape index (κ1) is 14.4. The van der Waals surface area contributed by atoms with Gasteiger partial charge in [-0.25, -0.2) is 9.59 Å². The van der Waals surface area contributed by atoms with Crippen LogP contribution in [0.1, 0.15) is 19.4 Å². The summed E-state index contributed by atoms with van der Waals surface area (Å²) in [4.78, 5) is 23.5. The number of rotatable bonds is 2. The second kappa shape index (κ2) is 5.17. The molecule has 1 aromatic carbocycles. The van der Waals surface area contributed by atoms with E-state index in [-0.39, 0.29) is 6.42 Å². The molecule has 0 unspecified atom stereocenters. The van der Waals surface area contributed by atoms with Crippen LogP contribution in [0.4, 0.5) is 0 Å². The van der Waals surface area contributed by atoms with Gasteiger partial charge in [-0.05, 0) is 17.7 Å². The molecule has 0 saturated carbocycles. The van der Waals surface area contributed by atoms with Crippen LogP contribution in [0.3, 0.4) is 0 Å². The molecule has 1 aromatic rings. The van der Waals surface area contributed by atoms with E-state index < -0.39 is 29.1 Å². The quantitative estimate of drug-likeness (QED) is 0.393. The van der Waals surface area contributed by atoms with Gasteiger partial charge in [-0.2, -0.15) is 0 Å². The largest absolute Gasteiger partial charge is 0.511 e. The highest BCUT2D eigenvalue weighted by molar-refractivity contribution is 6.30. The van der Waals surface area contributed by atoms with Gasteiger partial charge in [0.25, 0.3) is 5.79 Å². The van der Waals surface area contributed by atoms with E-state index in [1.165, 1.54) is 13.8 Å². The maximum Gasteiger partial charge on any atom is 0.352 e. The normalized spacial score (nSPS) is 17.4. The second-order valence-electron chi connectivity index (χ2n) is 4.80. The summed E-state index contributed by atoms with van der Waals surface area (Å²) in [6, 6.07) is 6.66. The van der Waals surface area contributed by atoms with Gasteiger partial charge in [0.2, 0.25) is 0 Å². The molecule has 5 nitrogen and oxygen atoms in total. The highest BCUT2D eigenvalue weighted by Gasteiger charge is 2.41. The van der Waals surface area contributed by atoms with Gasteiger partial charge in [0, 0.05) is 25.3 Å². The monoisotopic (exact) mass is 296 g/mol. The zero-order valence-corrected chi connectivity index (χ0v) is 11.7. The van der Waals surface area contributed by atoms with Gasteiger partial charge in [0.1, 0.15) is 5.76 Å². The molecular weight excluding hydrogens is 284 g/mol. The van der Waals surface area contributed by atoms with Crippen molar-refractivity contribution < 1.29 is 24.2 Å². The van der Waals surface area contributed by atoms with E-state index >= 15 is 0 Å². The maximum atomic E-state index is 11.7. The van der Waals surface area contributed by atoms with Crippen molar-refractivity contribution in [1.29, 1.82) is 0 Å². The van der Waals surface area contributed by atoms with Crippen LogP contribution in [0.25, 0.3) is 0 Å². The summed E-state index contributed by atoms with van der Waals surface area (Å²) in [6.45, 7) is 2.88. The third-order valence-corrected chi connectivity index (χ3v) is 2.91. The Kier molecular flexibility index (Phi) is 3.72. The predicted molar refractivity (Wildman–Crippen MR) is 71.1 cm³/mol. The second-order valence-corrected chi connectivity index (χ2v) is 5.24. The molecule has 0 aliphatic carbocycles. The SMILES string of the molecule is CC1(C)OC(=O)C(=C(O)Cc2ccc(Cl)cc2)C(=O)O1. The number of halogens is 1. The molecule has 1 fully saturated rings. The molecule has 0 amide bonds. The van der Waals surface area contributed by atoms with Gasteiger partial charge < -0.3 is 14.6 Å². The summed E-state index contributed by atoms with van der Waals surface area (Å²) in [6.07, 6.45) is 0.0110. The van der Waals surface area contributed by atoms with Gasteiger partial charge >= 0.3 is 11.9 Å². The van der Waals surface area contributed by atoms with Crippen molar-refractivity contribution in [3.63, 3.8) is 0 Å². The Balaban J connectivity index is 2.25. The molecule has 0 spiro atoms. The number of esters is 2. The van der Waals surface area contributed by atoms with E-state index in [4.69, 9.17) is 21.1 Å². The number of carbonyl (C=O) groups excluding carboxylic acids is 2. The summed E-state index contributed by atoms with van der Waals surface area (Å²) < 4.78 is 9.83. The summed E-state index contributed by atoms with van der Waals surface area (Å²) >= 11 is 5.75. The van der Waals surface area contributed by atoms with E-state index in [1.807, 2.05) is 0 Å². The lowest BCUT2D eigenvalue weighted by atomic mass is 10.1. The summed E-state index contributed by atoms with van der Waals surface area (Å²) in [5.41, 5.74) is 0.226. The Labute approximate surface area is 120 Å². The third kappa shape index (κ3) is 3.11. The topological polar surface area (TPSA) is 72.8 Å². The van der Waals surface area contributed by atoms with Gasteiger partial charge in [0.05, 0.1) is 0 Å². The molecular formula is C14H13ClO5. The number of hydrogen-bond donors (Lipinski definition) is 1. The summed E-state index contributed by atoms with van der Waals surface area (Å²) in [5, 5.41) is 10.5.